The first kappa shape index (κ1) is 33.8. The number of hydrogen-bond donors (Lipinski definition) is 1. The number of amides is 2. The van der Waals surface area contributed by atoms with Crippen molar-refractivity contribution in [2.45, 2.75) is 37.2 Å². The van der Waals surface area contributed by atoms with E-state index in [9.17, 15) is 18.0 Å². The number of rotatable bonds is 14. The number of methoxy groups -OCH3 is 1. The zero-order chi connectivity index (χ0) is 32.4. The molecule has 0 heterocycles. The number of carbonyl (C=O) groups excluding carboxylic acids is 2. The van der Waals surface area contributed by atoms with E-state index in [0.717, 1.165) is 9.87 Å². The van der Waals surface area contributed by atoms with Crippen LogP contribution in [0.4, 0.5) is 5.69 Å². The maximum Gasteiger partial charge on any atom is 0.264 e. The Kier molecular flexibility index (Phi) is 11.9. The Labute approximate surface area is 274 Å². The maximum absolute atomic E-state index is 14.5. The number of hydrogen-bond acceptors (Lipinski definition) is 5. The van der Waals surface area contributed by atoms with Crippen molar-refractivity contribution in [1.82, 2.24) is 10.2 Å². The molecule has 4 aromatic rings. The summed E-state index contributed by atoms with van der Waals surface area (Å²) in [6, 6.07) is 27.6. The molecule has 8 nitrogen and oxygen atoms in total. The Balaban J connectivity index is 1.80. The first-order valence-corrected chi connectivity index (χ1v) is 16.6. The summed E-state index contributed by atoms with van der Waals surface area (Å²) in [7, 11) is -2.73. The van der Waals surface area contributed by atoms with Crippen molar-refractivity contribution in [3.05, 3.63) is 124 Å². The van der Waals surface area contributed by atoms with Crippen LogP contribution in [0.2, 0.25) is 10.0 Å². The Morgan fingerprint density at radius 3 is 2.20 bits per heavy atom. The van der Waals surface area contributed by atoms with Gasteiger partial charge in [-0.15, -0.1) is 0 Å². The summed E-state index contributed by atoms with van der Waals surface area (Å²) in [6.07, 6.45) is 0.919. The molecule has 1 atom stereocenters. The second-order valence-electron chi connectivity index (χ2n) is 10.3. The summed E-state index contributed by atoms with van der Waals surface area (Å²) in [5.41, 5.74) is 1.75. The van der Waals surface area contributed by atoms with Crippen LogP contribution in [0.3, 0.4) is 0 Å². The van der Waals surface area contributed by atoms with E-state index >= 15 is 0 Å². The molecule has 0 aliphatic heterocycles. The fourth-order valence-electron chi connectivity index (χ4n) is 4.78. The van der Waals surface area contributed by atoms with Crippen LogP contribution in [0.5, 0.6) is 5.75 Å². The lowest BCUT2D eigenvalue weighted by Gasteiger charge is -2.34. The molecule has 0 radical (unpaired) electrons. The van der Waals surface area contributed by atoms with Crippen LogP contribution in [0.1, 0.15) is 24.5 Å². The van der Waals surface area contributed by atoms with Crippen LogP contribution in [-0.4, -0.2) is 51.4 Å². The van der Waals surface area contributed by atoms with Gasteiger partial charge in [-0.2, -0.15) is 0 Å². The first-order valence-electron chi connectivity index (χ1n) is 14.4. The Morgan fingerprint density at radius 1 is 0.844 bits per heavy atom. The third kappa shape index (κ3) is 9.00. The first-order chi connectivity index (χ1) is 21.6. The van der Waals surface area contributed by atoms with E-state index in [4.69, 9.17) is 27.9 Å². The van der Waals surface area contributed by atoms with Gasteiger partial charge < -0.3 is 15.0 Å². The lowest BCUT2D eigenvalue weighted by Crippen LogP contribution is -2.53. The molecule has 0 spiro atoms. The SMILES string of the molecule is CCCNC(=O)[C@@H](Cc1ccccc1)N(Cc1cccc(OC)c1)C(=O)CN(c1cccc(Cl)c1)S(=O)(=O)c1ccc(Cl)cc1. The summed E-state index contributed by atoms with van der Waals surface area (Å²) in [6.45, 7) is 1.79. The fourth-order valence-corrected chi connectivity index (χ4v) is 6.50. The van der Waals surface area contributed by atoms with Crippen LogP contribution < -0.4 is 14.4 Å². The van der Waals surface area contributed by atoms with E-state index in [0.29, 0.717) is 34.3 Å². The molecular formula is C34H35Cl2N3O5S. The molecule has 4 rings (SSSR count). The van der Waals surface area contributed by atoms with Crippen molar-refractivity contribution < 1.29 is 22.7 Å². The third-order valence-electron chi connectivity index (χ3n) is 7.08. The van der Waals surface area contributed by atoms with Gasteiger partial charge >= 0.3 is 0 Å². The number of nitrogens with zero attached hydrogens (tertiary/aromatic N) is 2. The molecule has 236 valence electrons. The molecule has 4 aromatic carbocycles. The van der Waals surface area contributed by atoms with Gasteiger partial charge in [0.15, 0.2) is 0 Å². The van der Waals surface area contributed by atoms with E-state index in [2.05, 4.69) is 5.32 Å². The molecule has 0 bridgehead atoms. The molecule has 0 aromatic heterocycles. The zero-order valence-corrected chi connectivity index (χ0v) is 27.4. The smallest absolute Gasteiger partial charge is 0.264 e. The summed E-state index contributed by atoms with van der Waals surface area (Å²) < 4.78 is 34.5. The molecule has 0 unspecified atom stereocenters. The molecule has 0 aliphatic carbocycles. The lowest BCUT2D eigenvalue weighted by atomic mass is 10.0. The highest BCUT2D eigenvalue weighted by Crippen LogP contribution is 2.28. The van der Waals surface area contributed by atoms with Crippen molar-refractivity contribution in [1.29, 1.82) is 0 Å². The zero-order valence-electron chi connectivity index (χ0n) is 25.0. The summed E-state index contributed by atoms with van der Waals surface area (Å²) >= 11 is 12.3. The average Bonchev–Trinajstić information content (AvgIpc) is 3.04. The number of sulfonamides is 1. The molecule has 1 N–H and O–H groups in total. The highest BCUT2D eigenvalue weighted by atomic mass is 35.5. The summed E-state index contributed by atoms with van der Waals surface area (Å²) in [4.78, 5) is 29.6. The van der Waals surface area contributed by atoms with Crippen LogP contribution in [0, 0.1) is 0 Å². The minimum absolute atomic E-state index is 0.0253. The second kappa shape index (κ2) is 15.8. The molecule has 0 saturated carbocycles. The molecule has 11 heteroatoms. The number of anilines is 1. The molecule has 0 aliphatic rings. The number of nitrogens with one attached hydrogen (secondary N) is 1. The van der Waals surface area contributed by atoms with Crippen molar-refractivity contribution in [3.8, 4) is 5.75 Å². The van der Waals surface area contributed by atoms with Gasteiger partial charge in [-0.1, -0.05) is 78.7 Å². The van der Waals surface area contributed by atoms with Crippen LogP contribution >= 0.6 is 23.2 Å². The number of carbonyl (C=O) groups is 2. The molecule has 0 saturated heterocycles. The average molecular weight is 669 g/mol. The maximum atomic E-state index is 14.5. The van der Waals surface area contributed by atoms with Crippen LogP contribution in [0.15, 0.2) is 108 Å². The third-order valence-corrected chi connectivity index (χ3v) is 9.36. The summed E-state index contributed by atoms with van der Waals surface area (Å²) in [5.74, 6) is -0.337. The van der Waals surface area contributed by atoms with Gasteiger partial charge in [0.1, 0.15) is 18.3 Å². The number of halogens is 2. The molecule has 0 fully saturated rings. The standard InChI is InChI=1S/C34H35Cl2N3O5S/c1-3-19-37-34(41)32(21-25-9-5-4-6-10-25)38(23-26-11-7-14-30(20-26)44-2)33(40)24-39(29-13-8-12-28(36)22-29)45(42,43)31-17-15-27(35)16-18-31/h4-18,20,22,32H,3,19,21,23-24H2,1-2H3,(H,37,41)/t32-/m1/s1. The largest absolute Gasteiger partial charge is 0.497 e. The van der Waals surface area contributed by atoms with Crippen molar-refractivity contribution in [3.63, 3.8) is 0 Å². The van der Waals surface area contributed by atoms with E-state index in [1.165, 1.54) is 35.2 Å². The van der Waals surface area contributed by atoms with Gasteiger partial charge in [0, 0.05) is 29.6 Å². The Bertz CT molecular complexity index is 1700. The highest BCUT2D eigenvalue weighted by molar-refractivity contribution is 7.92. The predicted molar refractivity (Wildman–Crippen MR) is 178 cm³/mol. The molecular weight excluding hydrogens is 633 g/mol. The Hall–Kier alpha value is -4.05. The van der Waals surface area contributed by atoms with E-state index < -0.39 is 28.5 Å². The van der Waals surface area contributed by atoms with Crippen molar-refractivity contribution in [2.75, 3.05) is 24.5 Å². The van der Waals surface area contributed by atoms with Crippen LogP contribution in [-0.2, 0) is 32.6 Å². The van der Waals surface area contributed by atoms with Crippen molar-refractivity contribution in [2.24, 2.45) is 0 Å². The van der Waals surface area contributed by atoms with Gasteiger partial charge in [0.2, 0.25) is 11.8 Å². The number of ether oxygens (including phenoxy) is 1. The highest BCUT2D eigenvalue weighted by Gasteiger charge is 2.34. The summed E-state index contributed by atoms with van der Waals surface area (Å²) in [5, 5.41) is 3.59. The fraction of sp³-hybridized carbons (Fsp3) is 0.235. The second-order valence-corrected chi connectivity index (χ2v) is 13.1. The topological polar surface area (TPSA) is 96.0 Å². The monoisotopic (exact) mass is 667 g/mol. The minimum atomic E-state index is -4.27. The van der Waals surface area contributed by atoms with E-state index in [1.807, 2.05) is 43.3 Å². The predicted octanol–water partition coefficient (Wildman–Crippen LogP) is 6.36. The van der Waals surface area contributed by atoms with Gasteiger partial charge in [-0.05, 0) is 72.1 Å². The Morgan fingerprint density at radius 2 is 1.53 bits per heavy atom. The van der Waals surface area contributed by atoms with E-state index in [1.54, 1.807) is 43.5 Å². The van der Waals surface area contributed by atoms with E-state index in [-0.39, 0.29) is 29.5 Å². The van der Waals surface area contributed by atoms with Crippen LogP contribution in [0.25, 0.3) is 0 Å². The molecule has 2 amide bonds. The van der Waals surface area contributed by atoms with Gasteiger partial charge in [0.25, 0.3) is 10.0 Å². The lowest BCUT2D eigenvalue weighted by molar-refractivity contribution is -0.140. The quantitative estimate of drug-likeness (QED) is 0.169. The van der Waals surface area contributed by atoms with Gasteiger partial charge in [0.05, 0.1) is 17.7 Å². The van der Waals surface area contributed by atoms with Gasteiger partial charge in [-0.25, -0.2) is 8.42 Å². The van der Waals surface area contributed by atoms with Crippen molar-refractivity contribution >= 4 is 50.7 Å². The minimum Gasteiger partial charge on any atom is -0.497 e. The molecule has 45 heavy (non-hydrogen) atoms. The normalized spacial score (nSPS) is 11.8. The number of benzene rings is 4. The van der Waals surface area contributed by atoms with Gasteiger partial charge in [-0.3, -0.25) is 13.9 Å².